The van der Waals surface area contributed by atoms with Crippen molar-refractivity contribution in [3.8, 4) is 0 Å². The molecule has 2 heteroatoms. The predicted molar refractivity (Wildman–Crippen MR) is 132 cm³/mol. The lowest BCUT2D eigenvalue weighted by Crippen LogP contribution is -2.38. The lowest BCUT2D eigenvalue weighted by Gasteiger charge is -2.31. The summed E-state index contributed by atoms with van der Waals surface area (Å²) in [7, 11) is 0. The fourth-order valence-corrected chi connectivity index (χ4v) is 4.24. The zero-order chi connectivity index (χ0) is 22.7. The van der Waals surface area contributed by atoms with Crippen molar-refractivity contribution in [3.63, 3.8) is 0 Å². The fourth-order valence-electron chi connectivity index (χ4n) is 4.24. The summed E-state index contributed by atoms with van der Waals surface area (Å²) in [6, 6.07) is 0. The van der Waals surface area contributed by atoms with Gasteiger partial charge >= 0.3 is 0 Å². The number of ketones is 1. The minimum atomic E-state index is -0.759. The molecule has 1 unspecified atom stereocenters. The van der Waals surface area contributed by atoms with Gasteiger partial charge in [-0.05, 0) is 43.9 Å². The molecular weight excluding hydrogens is 368 g/mol. The highest BCUT2D eigenvalue weighted by molar-refractivity contribution is 5.98. The molecule has 1 atom stereocenters. The summed E-state index contributed by atoms with van der Waals surface area (Å²) in [5.74, 6) is 0.551. The Balaban J connectivity index is 3.81. The topological polar surface area (TPSA) is 34.1 Å². The Morgan fingerprint density at radius 1 is 0.733 bits per heavy atom. The van der Waals surface area contributed by atoms with Gasteiger partial charge in [0.15, 0.2) is 0 Å². The molecule has 30 heavy (non-hydrogen) atoms. The molecule has 0 saturated carbocycles. The van der Waals surface area contributed by atoms with Gasteiger partial charge in [-0.15, -0.1) is 0 Å². The van der Waals surface area contributed by atoms with Crippen LogP contribution in [-0.4, -0.2) is 12.1 Å². The third-order valence-corrected chi connectivity index (χ3v) is 6.46. The molecule has 0 bridgehead atoms. The van der Waals surface area contributed by atoms with Crippen molar-refractivity contribution in [1.29, 1.82) is 0 Å². The van der Waals surface area contributed by atoms with Crippen molar-refractivity contribution < 1.29 is 9.59 Å². The molecule has 0 heterocycles. The van der Waals surface area contributed by atoms with Crippen LogP contribution in [0, 0.1) is 17.3 Å². The Morgan fingerprint density at radius 2 is 1.20 bits per heavy atom. The number of aldehydes is 1. The molecule has 0 N–H and O–H groups in total. The van der Waals surface area contributed by atoms with Crippen molar-refractivity contribution in [1.82, 2.24) is 0 Å². The summed E-state index contributed by atoms with van der Waals surface area (Å²) in [5, 5.41) is 0. The van der Waals surface area contributed by atoms with Crippen LogP contribution in [0.3, 0.4) is 0 Å². The number of allylic oxidation sites excluding steroid dienone is 2. The number of hydrogen-bond donors (Lipinski definition) is 0. The van der Waals surface area contributed by atoms with E-state index in [1.807, 2.05) is 13.8 Å². The van der Waals surface area contributed by atoms with Gasteiger partial charge in [-0.1, -0.05) is 111 Å². The molecule has 0 saturated heterocycles. The second kappa shape index (κ2) is 18.8. The van der Waals surface area contributed by atoms with E-state index >= 15 is 0 Å². The van der Waals surface area contributed by atoms with Crippen molar-refractivity contribution in [2.75, 3.05) is 0 Å². The van der Waals surface area contributed by atoms with Gasteiger partial charge < -0.3 is 4.79 Å². The SMILES string of the molecule is CCCCCCCCC=CCCCCCCCCC(C=O)(C(=O)CC(C)C)C(C)C. The van der Waals surface area contributed by atoms with E-state index in [0.29, 0.717) is 12.3 Å². The van der Waals surface area contributed by atoms with Gasteiger partial charge in [-0.2, -0.15) is 0 Å². The molecule has 0 fully saturated rings. The third-order valence-electron chi connectivity index (χ3n) is 6.46. The van der Waals surface area contributed by atoms with Crippen molar-refractivity contribution in [2.45, 2.75) is 137 Å². The predicted octanol–water partition coefficient (Wildman–Crippen LogP) is 8.87. The average molecular weight is 421 g/mol. The van der Waals surface area contributed by atoms with E-state index in [9.17, 15) is 9.59 Å². The number of carbonyl (C=O) groups excluding carboxylic acids is 2. The van der Waals surface area contributed by atoms with Crippen LogP contribution in [-0.2, 0) is 9.59 Å². The molecular formula is C28H52O2. The van der Waals surface area contributed by atoms with E-state index in [1.165, 1.54) is 77.0 Å². The summed E-state index contributed by atoms with van der Waals surface area (Å²) >= 11 is 0. The van der Waals surface area contributed by atoms with Crippen molar-refractivity contribution in [3.05, 3.63) is 12.2 Å². The Hall–Kier alpha value is -0.920. The Bertz CT molecular complexity index is 450. The molecule has 2 nitrogen and oxygen atoms in total. The fraction of sp³-hybridized carbons (Fsp3) is 0.857. The lowest BCUT2D eigenvalue weighted by molar-refractivity contribution is -0.138. The highest BCUT2D eigenvalue weighted by Gasteiger charge is 2.40. The van der Waals surface area contributed by atoms with Crippen molar-refractivity contribution >= 4 is 12.1 Å². The van der Waals surface area contributed by atoms with Gasteiger partial charge in [0.05, 0.1) is 5.41 Å². The van der Waals surface area contributed by atoms with Crippen LogP contribution in [0.25, 0.3) is 0 Å². The number of carbonyl (C=O) groups is 2. The summed E-state index contributed by atoms with van der Waals surface area (Å²) in [4.78, 5) is 24.6. The van der Waals surface area contributed by atoms with E-state index in [4.69, 9.17) is 0 Å². The normalized spacial score (nSPS) is 14.0. The standard InChI is InChI=1S/C28H52O2/c1-6-7-8-9-10-11-12-13-14-15-16-17-18-19-20-21-22-28(24-29,26(4)5)27(30)23-25(2)3/h13-14,24-26H,6-12,15-23H2,1-5H3. The maximum absolute atomic E-state index is 12.7. The van der Waals surface area contributed by atoms with Crippen molar-refractivity contribution in [2.24, 2.45) is 17.3 Å². The molecule has 0 aliphatic rings. The maximum atomic E-state index is 12.7. The quantitative estimate of drug-likeness (QED) is 0.0804. The zero-order valence-electron chi connectivity index (χ0n) is 21.0. The maximum Gasteiger partial charge on any atom is 0.146 e. The molecule has 0 aromatic heterocycles. The Morgan fingerprint density at radius 3 is 1.63 bits per heavy atom. The van der Waals surface area contributed by atoms with Crippen LogP contribution in [0.5, 0.6) is 0 Å². The highest BCUT2D eigenvalue weighted by atomic mass is 16.1. The van der Waals surface area contributed by atoms with E-state index < -0.39 is 5.41 Å². The minimum Gasteiger partial charge on any atom is -0.302 e. The first-order valence-corrected chi connectivity index (χ1v) is 13.0. The Labute approximate surface area is 188 Å². The summed E-state index contributed by atoms with van der Waals surface area (Å²) in [5.41, 5.74) is -0.759. The first-order chi connectivity index (χ1) is 14.4. The van der Waals surface area contributed by atoms with Crippen LogP contribution in [0.4, 0.5) is 0 Å². The molecule has 0 radical (unpaired) electrons. The number of unbranched alkanes of at least 4 members (excludes halogenated alkanes) is 12. The van der Waals surface area contributed by atoms with E-state index in [2.05, 4.69) is 32.9 Å². The molecule has 0 aromatic rings. The second-order valence-corrected chi connectivity index (χ2v) is 10.0. The molecule has 0 aromatic carbocycles. The number of Topliss-reactive ketones (excluding diaryl/α,β-unsaturated/α-hetero) is 1. The lowest BCUT2D eigenvalue weighted by atomic mass is 9.69. The molecule has 0 aliphatic carbocycles. The average Bonchev–Trinajstić information content (AvgIpc) is 2.69. The number of hydrogen-bond acceptors (Lipinski definition) is 2. The van der Waals surface area contributed by atoms with Gasteiger partial charge in [-0.25, -0.2) is 0 Å². The molecule has 0 rings (SSSR count). The van der Waals surface area contributed by atoms with Crippen LogP contribution >= 0.6 is 0 Å². The van der Waals surface area contributed by atoms with Gasteiger partial charge in [0.1, 0.15) is 12.1 Å². The van der Waals surface area contributed by atoms with Gasteiger partial charge in [0.25, 0.3) is 0 Å². The monoisotopic (exact) mass is 420 g/mol. The summed E-state index contributed by atoms with van der Waals surface area (Å²) in [6.07, 6.45) is 24.8. The van der Waals surface area contributed by atoms with Crippen LogP contribution in [0.1, 0.15) is 137 Å². The molecule has 0 spiro atoms. The van der Waals surface area contributed by atoms with E-state index in [1.54, 1.807) is 0 Å². The smallest absolute Gasteiger partial charge is 0.146 e. The van der Waals surface area contributed by atoms with Gasteiger partial charge in [-0.3, -0.25) is 4.79 Å². The summed E-state index contributed by atoms with van der Waals surface area (Å²) < 4.78 is 0. The number of rotatable bonds is 21. The zero-order valence-corrected chi connectivity index (χ0v) is 21.0. The van der Waals surface area contributed by atoms with Gasteiger partial charge in [0, 0.05) is 6.42 Å². The van der Waals surface area contributed by atoms with Crippen LogP contribution in [0.2, 0.25) is 0 Å². The third kappa shape index (κ3) is 13.4. The Kier molecular flexibility index (Phi) is 18.2. The molecule has 176 valence electrons. The van der Waals surface area contributed by atoms with Gasteiger partial charge in [0.2, 0.25) is 0 Å². The van der Waals surface area contributed by atoms with E-state index in [0.717, 1.165) is 25.5 Å². The molecule has 0 aliphatic heterocycles. The first kappa shape index (κ1) is 29.1. The second-order valence-electron chi connectivity index (χ2n) is 10.0. The van der Waals surface area contributed by atoms with E-state index in [-0.39, 0.29) is 11.7 Å². The largest absolute Gasteiger partial charge is 0.302 e. The highest BCUT2D eigenvalue weighted by Crippen LogP contribution is 2.35. The minimum absolute atomic E-state index is 0.0874. The van der Waals surface area contributed by atoms with Crippen LogP contribution in [0.15, 0.2) is 12.2 Å². The summed E-state index contributed by atoms with van der Waals surface area (Å²) in [6.45, 7) is 10.4. The molecule has 0 amide bonds. The van der Waals surface area contributed by atoms with Crippen LogP contribution < -0.4 is 0 Å². The first-order valence-electron chi connectivity index (χ1n) is 13.0.